The van der Waals surface area contributed by atoms with Gasteiger partial charge >= 0.3 is 0 Å². The molecule has 0 N–H and O–H groups in total. The van der Waals surface area contributed by atoms with Crippen LogP contribution in [-0.4, -0.2) is 44.6 Å². The van der Waals surface area contributed by atoms with Crippen molar-refractivity contribution in [1.29, 1.82) is 0 Å². The summed E-state index contributed by atoms with van der Waals surface area (Å²) in [5.74, 6) is -0.803. The molecule has 0 spiro atoms. The van der Waals surface area contributed by atoms with Gasteiger partial charge in [0, 0.05) is 29.3 Å². The van der Waals surface area contributed by atoms with E-state index in [1.807, 2.05) is 24.3 Å². The van der Waals surface area contributed by atoms with Gasteiger partial charge in [-0.3, -0.25) is 24.5 Å². The monoisotopic (exact) mass is 552 g/mol. The van der Waals surface area contributed by atoms with Gasteiger partial charge in [-0.1, -0.05) is 37.8 Å². The minimum atomic E-state index is -0.954. The maximum Gasteiger partial charge on any atom is 0.269 e. The predicted octanol–water partition coefficient (Wildman–Crippen LogP) is 5.90. The van der Waals surface area contributed by atoms with Crippen molar-refractivity contribution in [2.45, 2.75) is 57.0 Å². The quantitative estimate of drug-likeness (QED) is 0.126. The van der Waals surface area contributed by atoms with E-state index in [2.05, 4.69) is 4.98 Å². The lowest BCUT2D eigenvalue weighted by molar-refractivity contribution is -0.384. The summed E-state index contributed by atoms with van der Waals surface area (Å²) in [6.07, 6.45) is 5.28. The van der Waals surface area contributed by atoms with Crippen LogP contribution in [0, 0.1) is 10.1 Å². The van der Waals surface area contributed by atoms with E-state index in [0.29, 0.717) is 22.7 Å². The van der Waals surface area contributed by atoms with Gasteiger partial charge in [-0.25, -0.2) is 9.88 Å². The molecule has 41 heavy (non-hydrogen) atoms. The third-order valence-corrected chi connectivity index (χ3v) is 7.90. The first kappa shape index (κ1) is 26.4. The Kier molecular flexibility index (Phi) is 7.05. The summed E-state index contributed by atoms with van der Waals surface area (Å²) in [4.78, 5) is 58.8. The fraction of sp³-hybridized carbons (Fsp3) is 0.290. The Morgan fingerprint density at radius 2 is 1.61 bits per heavy atom. The molecule has 10 heteroatoms. The number of anilines is 1. The van der Waals surface area contributed by atoms with Gasteiger partial charge < -0.3 is 9.32 Å². The second-order valence-corrected chi connectivity index (χ2v) is 10.5. The summed E-state index contributed by atoms with van der Waals surface area (Å²) in [5.41, 5.74) is 2.63. The number of aromatic nitrogens is 1. The third-order valence-electron chi connectivity index (χ3n) is 7.90. The Morgan fingerprint density at radius 1 is 0.927 bits per heavy atom. The molecule has 3 aromatic carbocycles. The molecule has 1 aliphatic heterocycles. The highest BCUT2D eigenvalue weighted by Crippen LogP contribution is 2.33. The first-order valence-electron chi connectivity index (χ1n) is 13.8. The number of carbonyl (C=O) groups excluding carboxylic acids is 3. The molecule has 1 atom stereocenters. The smallest absolute Gasteiger partial charge is 0.269 e. The number of oxazole rings is 1. The number of para-hydroxylation sites is 2. The molecule has 1 unspecified atom stereocenters. The van der Waals surface area contributed by atoms with Gasteiger partial charge in [-0.05, 0) is 61.4 Å². The number of rotatable bonds is 6. The number of benzene rings is 3. The van der Waals surface area contributed by atoms with E-state index in [-0.39, 0.29) is 29.6 Å². The summed E-state index contributed by atoms with van der Waals surface area (Å²) < 4.78 is 5.84. The van der Waals surface area contributed by atoms with Crippen molar-refractivity contribution in [1.82, 2.24) is 9.88 Å². The minimum Gasteiger partial charge on any atom is -0.436 e. The van der Waals surface area contributed by atoms with E-state index < -0.39 is 22.8 Å². The lowest BCUT2D eigenvalue weighted by atomic mass is 10.0. The Morgan fingerprint density at radius 3 is 2.27 bits per heavy atom. The van der Waals surface area contributed by atoms with Crippen LogP contribution in [0.15, 0.2) is 77.2 Å². The topological polar surface area (TPSA) is 127 Å². The van der Waals surface area contributed by atoms with Crippen molar-refractivity contribution in [2.24, 2.45) is 0 Å². The zero-order valence-electron chi connectivity index (χ0n) is 22.3. The molecule has 4 aromatic rings. The van der Waals surface area contributed by atoms with Crippen LogP contribution in [0.5, 0.6) is 0 Å². The molecule has 0 radical (unpaired) electrons. The largest absolute Gasteiger partial charge is 0.436 e. The molecule has 3 amide bonds. The molecule has 2 aliphatic rings. The number of non-ortho nitro benzene ring substituents is 1. The summed E-state index contributed by atoms with van der Waals surface area (Å²) in [5, 5.41) is 11.1. The van der Waals surface area contributed by atoms with Crippen LogP contribution in [0.3, 0.4) is 0 Å². The molecule has 1 saturated carbocycles. The van der Waals surface area contributed by atoms with Gasteiger partial charge in [-0.15, -0.1) is 0 Å². The standard InChI is InChI=1S/C31H28N4O6/c36-28-19-26(33(22-7-3-1-2-4-8-22)30(37)21-13-17-24(18-14-21)35(39)40)31(38)34(28)23-15-11-20(12-16-23)29-32-25-9-5-6-10-27(25)41-29/h5-6,9-18,22,26H,1-4,7-8,19H2. The summed E-state index contributed by atoms with van der Waals surface area (Å²) in [6.45, 7) is 0. The number of fused-ring (bicyclic) bond motifs is 1. The molecule has 6 rings (SSSR count). The Bertz CT molecular complexity index is 1590. The summed E-state index contributed by atoms with van der Waals surface area (Å²) in [7, 11) is 0. The van der Waals surface area contributed by atoms with Crippen LogP contribution < -0.4 is 4.90 Å². The fourth-order valence-electron chi connectivity index (χ4n) is 5.83. The molecular formula is C31H28N4O6. The van der Waals surface area contributed by atoms with E-state index in [1.165, 1.54) is 24.3 Å². The van der Waals surface area contributed by atoms with Crippen LogP contribution in [0.25, 0.3) is 22.6 Å². The van der Waals surface area contributed by atoms with Crippen LogP contribution in [0.1, 0.15) is 55.3 Å². The lowest BCUT2D eigenvalue weighted by Gasteiger charge is -2.35. The molecule has 208 valence electrons. The highest BCUT2D eigenvalue weighted by molar-refractivity contribution is 6.23. The van der Waals surface area contributed by atoms with E-state index in [9.17, 15) is 24.5 Å². The van der Waals surface area contributed by atoms with Gasteiger partial charge in [0.2, 0.25) is 11.8 Å². The van der Waals surface area contributed by atoms with Crippen LogP contribution in [0.2, 0.25) is 0 Å². The van der Waals surface area contributed by atoms with Crippen molar-refractivity contribution >= 4 is 40.2 Å². The summed E-state index contributed by atoms with van der Waals surface area (Å²) in [6, 6.07) is 18.5. The SMILES string of the molecule is O=C1CC(N(C(=O)c2ccc([N+](=O)[O-])cc2)C2CCCCCC2)C(=O)N1c1ccc(-c2nc3ccccc3o2)cc1. The number of hydrogen-bond donors (Lipinski definition) is 0. The number of hydrogen-bond acceptors (Lipinski definition) is 7. The van der Waals surface area contributed by atoms with Crippen molar-refractivity contribution in [3.8, 4) is 11.5 Å². The molecule has 0 bridgehead atoms. The number of nitro benzene ring substituents is 1. The van der Waals surface area contributed by atoms with E-state index in [0.717, 1.165) is 48.9 Å². The van der Waals surface area contributed by atoms with Crippen molar-refractivity contribution in [2.75, 3.05) is 4.90 Å². The second-order valence-electron chi connectivity index (χ2n) is 10.5. The maximum absolute atomic E-state index is 13.9. The van der Waals surface area contributed by atoms with Gasteiger partial charge in [0.1, 0.15) is 11.6 Å². The Labute approximate surface area is 235 Å². The highest BCUT2D eigenvalue weighted by atomic mass is 16.6. The zero-order valence-corrected chi connectivity index (χ0v) is 22.3. The van der Waals surface area contributed by atoms with Crippen molar-refractivity contribution in [3.63, 3.8) is 0 Å². The van der Waals surface area contributed by atoms with Crippen LogP contribution in [-0.2, 0) is 9.59 Å². The fourth-order valence-corrected chi connectivity index (χ4v) is 5.83. The number of amides is 3. The maximum atomic E-state index is 13.9. The van der Waals surface area contributed by atoms with Crippen LogP contribution >= 0.6 is 0 Å². The Hall–Kier alpha value is -4.86. The number of nitro groups is 1. The zero-order chi connectivity index (χ0) is 28.5. The summed E-state index contributed by atoms with van der Waals surface area (Å²) >= 11 is 0. The number of carbonyl (C=O) groups is 3. The number of imide groups is 1. The molecule has 1 saturated heterocycles. The molecular weight excluding hydrogens is 524 g/mol. The molecule has 1 aromatic heterocycles. The van der Waals surface area contributed by atoms with Gasteiger partial charge in [0.25, 0.3) is 17.5 Å². The van der Waals surface area contributed by atoms with Gasteiger partial charge in [0.05, 0.1) is 17.0 Å². The molecule has 2 fully saturated rings. The second kappa shape index (κ2) is 11.0. The van der Waals surface area contributed by atoms with Crippen molar-refractivity contribution < 1.29 is 23.7 Å². The van der Waals surface area contributed by atoms with Crippen molar-refractivity contribution in [3.05, 3.63) is 88.5 Å². The molecule has 10 nitrogen and oxygen atoms in total. The lowest BCUT2D eigenvalue weighted by Crippen LogP contribution is -2.50. The van der Waals surface area contributed by atoms with Gasteiger partial charge in [-0.2, -0.15) is 0 Å². The minimum absolute atomic E-state index is 0.123. The first-order chi connectivity index (χ1) is 19.9. The van der Waals surface area contributed by atoms with E-state index in [4.69, 9.17) is 4.42 Å². The molecule has 2 heterocycles. The highest BCUT2D eigenvalue weighted by Gasteiger charge is 2.46. The average Bonchev–Trinajstić information content (AvgIpc) is 3.42. The van der Waals surface area contributed by atoms with E-state index in [1.54, 1.807) is 29.2 Å². The number of nitrogens with zero attached hydrogens (tertiary/aromatic N) is 4. The van der Waals surface area contributed by atoms with Gasteiger partial charge in [0.15, 0.2) is 5.58 Å². The third kappa shape index (κ3) is 5.08. The average molecular weight is 553 g/mol. The molecule has 1 aliphatic carbocycles. The first-order valence-corrected chi connectivity index (χ1v) is 13.8. The normalized spacial score (nSPS) is 18.0. The van der Waals surface area contributed by atoms with Crippen LogP contribution in [0.4, 0.5) is 11.4 Å². The predicted molar refractivity (Wildman–Crippen MR) is 151 cm³/mol. The van der Waals surface area contributed by atoms with E-state index >= 15 is 0 Å². The Balaban J connectivity index is 1.28.